The minimum atomic E-state index is -3.32. The molecule has 2 heterocycles. The van der Waals surface area contributed by atoms with Crippen molar-refractivity contribution in [1.29, 1.82) is 0 Å². The highest BCUT2D eigenvalue weighted by atomic mass is 32.2. The van der Waals surface area contributed by atoms with Gasteiger partial charge in [0.1, 0.15) is 23.9 Å². The summed E-state index contributed by atoms with van der Waals surface area (Å²) in [7, 11) is -1.71. The molecule has 2 aromatic carbocycles. The minimum absolute atomic E-state index is 0.00671. The number of sulfone groups is 1. The Bertz CT molecular complexity index is 1230. The molecule has 0 aliphatic carbocycles. The SMILES string of the molecule is COc1ccccc1CN(CC1CCCO1)C(=O)Cn1c(CS(C)(=O)=O)nc2ccccc21. The number of carbonyl (C=O) groups is 1. The Hall–Kier alpha value is -2.91. The van der Waals surface area contributed by atoms with Gasteiger partial charge in [-0.05, 0) is 31.0 Å². The first-order valence-electron chi connectivity index (χ1n) is 11.0. The summed E-state index contributed by atoms with van der Waals surface area (Å²) in [4.78, 5) is 19.9. The van der Waals surface area contributed by atoms with Crippen molar-refractivity contribution in [3.63, 3.8) is 0 Å². The summed E-state index contributed by atoms with van der Waals surface area (Å²) < 4.78 is 37.0. The fourth-order valence-corrected chi connectivity index (χ4v) is 4.90. The molecule has 0 bridgehead atoms. The van der Waals surface area contributed by atoms with Crippen LogP contribution in [0.2, 0.25) is 0 Å². The topological polar surface area (TPSA) is 90.7 Å². The maximum atomic E-state index is 13.6. The van der Waals surface area contributed by atoms with E-state index >= 15 is 0 Å². The molecule has 33 heavy (non-hydrogen) atoms. The predicted molar refractivity (Wildman–Crippen MR) is 126 cm³/mol. The summed E-state index contributed by atoms with van der Waals surface area (Å²) >= 11 is 0. The Balaban J connectivity index is 1.65. The van der Waals surface area contributed by atoms with Crippen LogP contribution in [0.3, 0.4) is 0 Å². The van der Waals surface area contributed by atoms with E-state index in [0.717, 1.165) is 23.9 Å². The van der Waals surface area contributed by atoms with Crippen LogP contribution in [-0.2, 0) is 38.2 Å². The number of hydrogen-bond acceptors (Lipinski definition) is 6. The molecule has 176 valence electrons. The Morgan fingerprint density at radius 3 is 2.70 bits per heavy atom. The van der Waals surface area contributed by atoms with Gasteiger partial charge in [0.2, 0.25) is 5.91 Å². The molecule has 1 amide bonds. The molecule has 1 unspecified atom stereocenters. The summed E-state index contributed by atoms with van der Waals surface area (Å²) in [5.41, 5.74) is 2.30. The molecule has 3 aromatic rings. The van der Waals surface area contributed by atoms with Gasteiger partial charge in [0.25, 0.3) is 0 Å². The van der Waals surface area contributed by atoms with Gasteiger partial charge in [0, 0.05) is 31.5 Å². The molecule has 0 saturated carbocycles. The monoisotopic (exact) mass is 471 g/mol. The van der Waals surface area contributed by atoms with E-state index in [-0.39, 0.29) is 24.3 Å². The second kappa shape index (κ2) is 9.93. The number of benzene rings is 2. The van der Waals surface area contributed by atoms with E-state index in [1.807, 2.05) is 48.5 Å². The molecule has 0 radical (unpaired) electrons. The van der Waals surface area contributed by atoms with Crippen LogP contribution in [0.1, 0.15) is 24.2 Å². The van der Waals surface area contributed by atoms with Crippen LogP contribution in [0.15, 0.2) is 48.5 Å². The van der Waals surface area contributed by atoms with E-state index in [1.165, 1.54) is 6.26 Å². The van der Waals surface area contributed by atoms with Crippen LogP contribution < -0.4 is 4.74 Å². The first-order chi connectivity index (χ1) is 15.8. The summed E-state index contributed by atoms with van der Waals surface area (Å²) in [6.07, 6.45) is 3.04. The van der Waals surface area contributed by atoms with Gasteiger partial charge in [-0.3, -0.25) is 4.79 Å². The molecular weight excluding hydrogens is 442 g/mol. The van der Waals surface area contributed by atoms with Crippen LogP contribution >= 0.6 is 0 Å². The lowest BCUT2D eigenvalue weighted by atomic mass is 10.1. The fourth-order valence-electron chi connectivity index (χ4n) is 4.21. The van der Waals surface area contributed by atoms with Crippen LogP contribution in [0.25, 0.3) is 11.0 Å². The van der Waals surface area contributed by atoms with E-state index in [1.54, 1.807) is 16.6 Å². The van der Waals surface area contributed by atoms with Crippen molar-refractivity contribution in [1.82, 2.24) is 14.5 Å². The highest BCUT2D eigenvalue weighted by Gasteiger charge is 2.25. The maximum Gasteiger partial charge on any atom is 0.242 e. The molecule has 1 fully saturated rings. The normalized spacial score (nSPS) is 16.2. The molecule has 9 heteroatoms. The van der Waals surface area contributed by atoms with Gasteiger partial charge in [0.15, 0.2) is 9.84 Å². The Morgan fingerprint density at radius 1 is 1.21 bits per heavy atom. The molecular formula is C24H29N3O5S. The predicted octanol–water partition coefficient (Wildman–Crippen LogP) is 2.80. The first-order valence-corrected chi connectivity index (χ1v) is 13.0. The zero-order valence-electron chi connectivity index (χ0n) is 18.9. The van der Waals surface area contributed by atoms with E-state index in [4.69, 9.17) is 9.47 Å². The van der Waals surface area contributed by atoms with Crippen molar-refractivity contribution < 1.29 is 22.7 Å². The Kier molecular flexibility index (Phi) is 6.99. The number of imidazole rings is 1. The summed E-state index contributed by atoms with van der Waals surface area (Å²) in [5, 5.41) is 0. The molecule has 1 atom stereocenters. The van der Waals surface area contributed by atoms with Gasteiger partial charge in [-0.25, -0.2) is 13.4 Å². The number of carbonyl (C=O) groups excluding carboxylic acids is 1. The molecule has 1 aromatic heterocycles. The number of nitrogens with zero attached hydrogens (tertiary/aromatic N) is 3. The standard InChI is InChI=1S/C24H29N3O5S/c1-31-22-12-6-3-8-18(22)14-26(15-19-9-7-13-32-19)24(28)16-27-21-11-5-4-10-20(21)25-23(27)17-33(2,29)30/h3-6,8,10-12,19H,7,9,13-17H2,1-2H3. The number of hydrogen-bond donors (Lipinski definition) is 0. The lowest BCUT2D eigenvalue weighted by molar-refractivity contribution is -0.134. The van der Waals surface area contributed by atoms with Gasteiger partial charge in [-0.2, -0.15) is 0 Å². The van der Waals surface area contributed by atoms with Gasteiger partial charge >= 0.3 is 0 Å². The first kappa shape index (κ1) is 23.3. The largest absolute Gasteiger partial charge is 0.496 e. The zero-order chi connectivity index (χ0) is 23.4. The van der Waals surface area contributed by atoms with E-state index in [9.17, 15) is 13.2 Å². The molecule has 0 spiro atoms. The molecule has 1 aliphatic rings. The van der Waals surface area contributed by atoms with Crippen molar-refractivity contribution in [3.05, 3.63) is 59.9 Å². The summed E-state index contributed by atoms with van der Waals surface area (Å²) in [6, 6.07) is 15.0. The van der Waals surface area contributed by atoms with Crippen molar-refractivity contribution in [3.8, 4) is 5.75 Å². The quantitative estimate of drug-likeness (QED) is 0.477. The molecule has 1 saturated heterocycles. The van der Waals surface area contributed by atoms with E-state index < -0.39 is 9.84 Å². The second-order valence-corrected chi connectivity index (χ2v) is 10.5. The maximum absolute atomic E-state index is 13.6. The zero-order valence-corrected chi connectivity index (χ0v) is 19.8. The van der Waals surface area contributed by atoms with Gasteiger partial charge < -0.3 is 18.9 Å². The van der Waals surface area contributed by atoms with Gasteiger partial charge in [-0.1, -0.05) is 30.3 Å². The molecule has 4 rings (SSSR count). The lowest BCUT2D eigenvalue weighted by Crippen LogP contribution is -2.39. The number of aromatic nitrogens is 2. The number of ether oxygens (including phenoxy) is 2. The van der Waals surface area contributed by atoms with Crippen LogP contribution in [0, 0.1) is 0 Å². The number of fused-ring (bicyclic) bond motifs is 1. The fraction of sp³-hybridized carbons (Fsp3) is 0.417. The van der Waals surface area contributed by atoms with Crippen molar-refractivity contribution in [2.45, 2.75) is 37.8 Å². The number of para-hydroxylation sites is 3. The average molecular weight is 472 g/mol. The van der Waals surface area contributed by atoms with Crippen molar-refractivity contribution in [2.75, 3.05) is 26.5 Å². The third-order valence-corrected chi connectivity index (χ3v) is 6.56. The van der Waals surface area contributed by atoms with Crippen LogP contribution in [0.4, 0.5) is 0 Å². The Labute approximate surface area is 194 Å². The Morgan fingerprint density at radius 2 is 1.97 bits per heavy atom. The van der Waals surface area contributed by atoms with Crippen molar-refractivity contribution >= 4 is 26.8 Å². The molecule has 8 nitrogen and oxygen atoms in total. The third-order valence-electron chi connectivity index (χ3n) is 5.77. The lowest BCUT2D eigenvalue weighted by Gasteiger charge is -2.27. The van der Waals surface area contributed by atoms with Gasteiger partial charge in [0.05, 0.1) is 24.2 Å². The highest BCUT2D eigenvalue weighted by molar-refractivity contribution is 7.89. The number of rotatable bonds is 9. The average Bonchev–Trinajstić information content (AvgIpc) is 3.40. The third kappa shape index (κ3) is 5.72. The molecule has 0 N–H and O–H groups in total. The minimum Gasteiger partial charge on any atom is -0.496 e. The smallest absolute Gasteiger partial charge is 0.242 e. The van der Waals surface area contributed by atoms with Gasteiger partial charge in [-0.15, -0.1) is 0 Å². The highest BCUT2D eigenvalue weighted by Crippen LogP contribution is 2.23. The van der Waals surface area contributed by atoms with E-state index in [2.05, 4.69) is 4.98 Å². The second-order valence-electron chi connectivity index (χ2n) is 8.39. The van der Waals surface area contributed by atoms with Crippen LogP contribution in [-0.4, -0.2) is 61.4 Å². The summed E-state index contributed by atoms with van der Waals surface area (Å²) in [5.74, 6) is 0.719. The number of methoxy groups -OCH3 is 1. The van der Waals surface area contributed by atoms with Crippen molar-refractivity contribution in [2.24, 2.45) is 0 Å². The summed E-state index contributed by atoms with van der Waals surface area (Å²) in [6.45, 7) is 1.53. The molecule has 1 aliphatic heterocycles. The van der Waals surface area contributed by atoms with Crippen LogP contribution in [0.5, 0.6) is 5.75 Å². The van der Waals surface area contributed by atoms with E-state index in [0.29, 0.717) is 36.8 Å². The number of amides is 1.